The number of fused-ring (bicyclic) bond motifs is 3. The van der Waals surface area contributed by atoms with Gasteiger partial charge in [0.25, 0.3) is 0 Å². The van der Waals surface area contributed by atoms with Gasteiger partial charge < -0.3 is 15.1 Å². The summed E-state index contributed by atoms with van der Waals surface area (Å²) in [6, 6.07) is 13.2. The average molecular weight is 428 g/mol. The van der Waals surface area contributed by atoms with Gasteiger partial charge in [-0.3, -0.25) is 4.79 Å². The predicted molar refractivity (Wildman–Crippen MR) is 112 cm³/mol. The first-order valence-electron chi connectivity index (χ1n) is 10.3. The number of halogens is 3. The van der Waals surface area contributed by atoms with E-state index < -0.39 is 17.7 Å². The van der Waals surface area contributed by atoms with Gasteiger partial charge in [-0.2, -0.15) is 18.4 Å². The second-order valence-electron chi connectivity index (χ2n) is 7.88. The fraction of sp³-hybridized carbons (Fsp3) is 0.391. The number of alkyl halides is 3. The molecule has 0 aliphatic carbocycles. The molecule has 0 saturated carbocycles. The molecule has 2 aliphatic rings. The Morgan fingerprint density at radius 2 is 1.97 bits per heavy atom. The summed E-state index contributed by atoms with van der Waals surface area (Å²) in [5.74, 6) is -0.635. The first kappa shape index (κ1) is 21.0. The van der Waals surface area contributed by atoms with Gasteiger partial charge in [0.1, 0.15) is 6.07 Å². The molecule has 1 amide bonds. The Kier molecular flexibility index (Phi) is 5.52. The molecule has 1 fully saturated rings. The van der Waals surface area contributed by atoms with Crippen molar-refractivity contribution >= 4 is 17.3 Å². The summed E-state index contributed by atoms with van der Waals surface area (Å²) >= 11 is 0. The predicted octanol–water partition coefficient (Wildman–Crippen LogP) is 3.58. The van der Waals surface area contributed by atoms with Gasteiger partial charge in [-0.15, -0.1) is 0 Å². The van der Waals surface area contributed by atoms with Crippen LogP contribution >= 0.6 is 0 Å². The Hall–Kier alpha value is -3.21. The van der Waals surface area contributed by atoms with E-state index >= 15 is 0 Å². The molecule has 0 spiro atoms. The van der Waals surface area contributed by atoms with Crippen LogP contribution in [0.1, 0.15) is 23.6 Å². The van der Waals surface area contributed by atoms with Crippen molar-refractivity contribution in [3.8, 4) is 6.07 Å². The number of nitrogens with one attached hydrogen (secondary N) is 1. The number of nitrogens with zero attached hydrogens (tertiary/aromatic N) is 3. The second-order valence-corrected chi connectivity index (χ2v) is 7.88. The highest BCUT2D eigenvalue weighted by Gasteiger charge is 2.42. The number of carbonyl (C=O) groups is 1. The summed E-state index contributed by atoms with van der Waals surface area (Å²) in [7, 11) is 0. The maximum atomic E-state index is 13.3. The van der Waals surface area contributed by atoms with Crippen LogP contribution in [0.4, 0.5) is 24.5 Å². The maximum absolute atomic E-state index is 13.3. The van der Waals surface area contributed by atoms with Crippen LogP contribution in [-0.4, -0.2) is 38.1 Å². The van der Waals surface area contributed by atoms with E-state index in [1.54, 1.807) is 6.07 Å². The Balaban J connectivity index is 1.71. The van der Waals surface area contributed by atoms with E-state index in [-0.39, 0.29) is 18.4 Å². The van der Waals surface area contributed by atoms with E-state index in [4.69, 9.17) is 0 Å². The molecule has 2 heterocycles. The first-order valence-corrected chi connectivity index (χ1v) is 10.3. The zero-order valence-corrected chi connectivity index (χ0v) is 17.1. The lowest BCUT2D eigenvalue weighted by Gasteiger charge is -2.49. The van der Waals surface area contributed by atoms with Gasteiger partial charge in [0.2, 0.25) is 5.91 Å². The van der Waals surface area contributed by atoms with Crippen LogP contribution in [-0.2, 0) is 17.4 Å². The van der Waals surface area contributed by atoms with E-state index in [2.05, 4.69) is 21.2 Å². The monoisotopic (exact) mass is 428 g/mol. The zero-order chi connectivity index (χ0) is 22.2. The smallest absolute Gasteiger partial charge is 0.367 e. The van der Waals surface area contributed by atoms with Crippen LogP contribution in [0.5, 0.6) is 0 Å². The normalized spacial score (nSPS) is 20.5. The molecule has 2 aromatic rings. The molecule has 4 rings (SSSR count). The van der Waals surface area contributed by atoms with Gasteiger partial charge in [0.15, 0.2) is 0 Å². The van der Waals surface area contributed by atoms with Gasteiger partial charge in [-0.1, -0.05) is 12.1 Å². The van der Waals surface area contributed by atoms with Gasteiger partial charge >= 0.3 is 6.18 Å². The standard InChI is InChI=1S/C23H23F3N4O/c1-2-28-22(31)18-12-16-11-17(23(24,25)26)7-8-20(16)30-10-9-29(14-21(18)30)19-6-4-3-5-15(19)13-27/h3-8,11,18,21H,2,9-10,12,14H2,1H3,(H,28,31). The van der Waals surface area contributed by atoms with E-state index in [9.17, 15) is 23.2 Å². The van der Waals surface area contributed by atoms with E-state index in [0.29, 0.717) is 37.3 Å². The van der Waals surface area contributed by atoms with Gasteiger partial charge in [0, 0.05) is 31.9 Å². The number of para-hydroxylation sites is 1. The molecule has 162 valence electrons. The summed E-state index contributed by atoms with van der Waals surface area (Å²) < 4.78 is 39.8. The quantitative estimate of drug-likeness (QED) is 0.812. The molecule has 0 radical (unpaired) electrons. The van der Waals surface area contributed by atoms with Crippen LogP contribution in [0.2, 0.25) is 0 Å². The second kappa shape index (κ2) is 8.14. The van der Waals surface area contributed by atoms with Crippen LogP contribution in [0.15, 0.2) is 42.5 Å². The molecule has 2 aromatic carbocycles. The third-order valence-electron chi connectivity index (χ3n) is 6.09. The lowest BCUT2D eigenvalue weighted by Crippen LogP contribution is -2.61. The number of anilines is 2. The van der Waals surface area contributed by atoms with Crippen molar-refractivity contribution in [3.05, 3.63) is 59.2 Å². The molecule has 5 nitrogen and oxygen atoms in total. The van der Waals surface area contributed by atoms with E-state index in [0.717, 1.165) is 17.4 Å². The Morgan fingerprint density at radius 1 is 1.19 bits per heavy atom. The maximum Gasteiger partial charge on any atom is 0.416 e. The lowest BCUT2D eigenvalue weighted by atomic mass is 9.82. The molecule has 2 unspecified atom stereocenters. The van der Waals surface area contributed by atoms with Crippen molar-refractivity contribution in [2.45, 2.75) is 25.6 Å². The molecule has 2 aliphatic heterocycles. The number of hydrogen-bond acceptors (Lipinski definition) is 4. The SMILES string of the molecule is CCNC(=O)C1Cc2cc(C(F)(F)F)ccc2N2CCN(c3ccccc3C#N)CC12. The largest absolute Gasteiger partial charge is 0.416 e. The van der Waals surface area contributed by atoms with Crippen molar-refractivity contribution in [2.24, 2.45) is 5.92 Å². The molecule has 0 bridgehead atoms. The molecule has 2 atom stereocenters. The molecular formula is C23H23F3N4O. The minimum Gasteiger partial charge on any atom is -0.367 e. The number of rotatable bonds is 3. The number of piperazine rings is 1. The number of hydrogen-bond donors (Lipinski definition) is 1. The number of amides is 1. The molecule has 1 N–H and O–H groups in total. The Labute approximate surface area is 179 Å². The topological polar surface area (TPSA) is 59.4 Å². The van der Waals surface area contributed by atoms with Crippen molar-refractivity contribution in [3.63, 3.8) is 0 Å². The highest BCUT2D eigenvalue weighted by atomic mass is 19.4. The first-order chi connectivity index (χ1) is 14.8. The summed E-state index contributed by atoms with van der Waals surface area (Å²) in [6.45, 7) is 3.96. The minimum atomic E-state index is -4.42. The van der Waals surface area contributed by atoms with Crippen LogP contribution in [0.25, 0.3) is 0 Å². The number of carbonyl (C=O) groups excluding carboxylic acids is 1. The summed E-state index contributed by atoms with van der Waals surface area (Å²) in [4.78, 5) is 17.0. The zero-order valence-electron chi connectivity index (χ0n) is 17.1. The summed E-state index contributed by atoms with van der Waals surface area (Å²) in [5.41, 5.74) is 2.00. The number of nitriles is 1. The lowest BCUT2D eigenvalue weighted by molar-refractivity contribution is -0.137. The van der Waals surface area contributed by atoms with Gasteiger partial charge in [-0.25, -0.2) is 0 Å². The van der Waals surface area contributed by atoms with Crippen LogP contribution < -0.4 is 15.1 Å². The average Bonchev–Trinajstić information content (AvgIpc) is 2.77. The molecule has 1 saturated heterocycles. The van der Waals surface area contributed by atoms with Gasteiger partial charge in [0.05, 0.1) is 28.8 Å². The third kappa shape index (κ3) is 3.92. The van der Waals surface area contributed by atoms with Crippen molar-refractivity contribution in [1.82, 2.24) is 5.32 Å². The van der Waals surface area contributed by atoms with Crippen molar-refractivity contribution in [1.29, 1.82) is 5.26 Å². The highest BCUT2D eigenvalue weighted by Crippen LogP contribution is 2.40. The number of benzene rings is 2. The third-order valence-corrected chi connectivity index (χ3v) is 6.09. The van der Waals surface area contributed by atoms with Crippen LogP contribution in [0.3, 0.4) is 0 Å². The van der Waals surface area contributed by atoms with E-state index in [1.165, 1.54) is 12.1 Å². The van der Waals surface area contributed by atoms with E-state index in [1.807, 2.05) is 25.1 Å². The molecular weight excluding hydrogens is 405 g/mol. The van der Waals surface area contributed by atoms with Crippen molar-refractivity contribution in [2.75, 3.05) is 36.0 Å². The minimum absolute atomic E-state index is 0.156. The summed E-state index contributed by atoms with van der Waals surface area (Å²) in [5, 5.41) is 12.3. The Bertz CT molecular complexity index is 1030. The fourth-order valence-electron chi connectivity index (χ4n) is 4.67. The molecule has 0 aromatic heterocycles. The van der Waals surface area contributed by atoms with Crippen LogP contribution in [0, 0.1) is 17.2 Å². The fourth-order valence-corrected chi connectivity index (χ4v) is 4.67. The van der Waals surface area contributed by atoms with Gasteiger partial charge in [-0.05, 0) is 49.2 Å². The molecule has 31 heavy (non-hydrogen) atoms. The molecule has 8 heteroatoms. The summed E-state index contributed by atoms with van der Waals surface area (Å²) in [6.07, 6.45) is -4.17. The Morgan fingerprint density at radius 3 is 2.68 bits per heavy atom. The highest BCUT2D eigenvalue weighted by molar-refractivity contribution is 5.82. The van der Waals surface area contributed by atoms with Crippen molar-refractivity contribution < 1.29 is 18.0 Å².